The van der Waals surface area contributed by atoms with Crippen LogP contribution in [0.4, 0.5) is 0 Å². The van der Waals surface area contributed by atoms with Gasteiger partial charge in [-0.2, -0.15) is 0 Å². The van der Waals surface area contributed by atoms with Crippen LogP contribution in [-0.2, 0) is 10.0 Å². The van der Waals surface area contributed by atoms with Crippen LogP contribution in [0.25, 0.3) is 11.1 Å². The summed E-state index contributed by atoms with van der Waals surface area (Å²) in [7, 11) is -3.57. The number of sulfonamides is 1. The molecule has 5 heteroatoms. The van der Waals surface area contributed by atoms with E-state index >= 15 is 0 Å². The highest BCUT2D eigenvalue weighted by Crippen LogP contribution is 2.21. The molecular weight excluding hydrogens is 320 g/mol. The van der Waals surface area contributed by atoms with Gasteiger partial charge < -0.3 is 0 Å². The highest BCUT2D eigenvalue weighted by Gasteiger charge is 2.18. The molecule has 4 nitrogen and oxygen atoms in total. The Labute approximate surface area is 142 Å². The SMILES string of the molecule is CC(NS(=O)(=O)c1ccc(-c2cccnc2)cc1)c1ccccc1. The highest BCUT2D eigenvalue weighted by molar-refractivity contribution is 7.89. The van der Waals surface area contributed by atoms with Crippen molar-refractivity contribution in [3.05, 3.63) is 84.7 Å². The van der Waals surface area contributed by atoms with E-state index in [2.05, 4.69) is 9.71 Å². The second kappa shape index (κ2) is 6.95. The first-order chi connectivity index (χ1) is 11.6. The van der Waals surface area contributed by atoms with Crippen LogP contribution in [0.15, 0.2) is 84.0 Å². The van der Waals surface area contributed by atoms with E-state index in [-0.39, 0.29) is 10.9 Å². The van der Waals surface area contributed by atoms with Crippen molar-refractivity contribution < 1.29 is 8.42 Å². The monoisotopic (exact) mass is 338 g/mol. The molecule has 0 saturated heterocycles. The van der Waals surface area contributed by atoms with Crippen molar-refractivity contribution >= 4 is 10.0 Å². The molecule has 122 valence electrons. The van der Waals surface area contributed by atoms with Gasteiger partial charge in [-0.05, 0) is 41.8 Å². The van der Waals surface area contributed by atoms with Crippen molar-refractivity contribution in [3.63, 3.8) is 0 Å². The molecule has 0 fully saturated rings. The summed E-state index contributed by atoms with van der Waals surface area (Å²) in [6.45, 7) is 1.83. The Kier molecular flexibility index (Phi) is 4.74. The van der Waals surface area contributed by atoms with Gasteiger partial charge in [-0.3, -0.25) is 4.98 Å². The Balaban J connectivity index is 1.80. The van der Waals surface area contributed by atoms with Crippen molar-refractivity contribution in [1.82, 2.24) is 9.71 Å². The molecule has 1 unspecified atom stereocenters. The molecule has 0 bridgehead atoms. The molecule has 3 aromatic rings. The maximum atomic E-state index is 12.5. The van der Waals surface area contributed by atoms with E-state index in [4.69, 9.17) is 0 Å². The summed E-state index contributed by atoms with van der Waals surface area (Å²) in [5.74, 6) is 0. The molecule has 0 aliphatic rings. The van der Waals surface area contributed by atoms with E-state index in [1.165, 1.54) is 0 Å². The lowest BCUT2D eigenvalue weighted by atomic mass is 10.1. The number of pyridine rings is 1. The highest BCUT2D eigenvalue weighted by atomic mass is 32.2. The first-order valence-electron chi connectivity index (χ1n) is 7.64. The van der Waals surface area contributed by atoms with Crippen molar-refractivity contribution in [2.24, 2.45) is 0 Å². The fourth-order valence-electron chi connectivity index (χ4n) is 2.47. The predicted molar refractivity (Wildman–Crippen MR) is 94.9 cm³/mol. The van der Waals surface area contributed by atoms with Crippen LogP contribution < -0.4 is 4.72 Å². The van der Waals surface area contributed by atoms with Crippen LogP contribution in [0.3, 0.4) is 0 Å². The zero-order chi connectivity index (χ0) is 17.0. The van der Waals surface area contributed by atoms with Gasteiger partial charge in [0.05, 0.1) is 4.90 Å². The lowest BCUT2D eigenvalue weighted by Gasteiger charge is -2.15. The van der Waals surface area contributed by atoms with E-state index in [0.29, 0.717) is 0 Å². The van der Waals surface area contributed by atoms with E-state index < -0.39 is 10.0 Å². The first kappa shape index (κ1) is 16.4. The third kappa shape index (κ3) is 3.69. The predicted octanol–water partition coefficient (Wildman–Crippen LogP) is 3.79. The maximum Gasteiger partial charge on any atom is 0.241 e. The van der Waals surface area contributed by atoms with Gasteiger partial charge >= 0.3 is 0 Å². The fraction of sp³-hybridized carbons (Fsp3) is 0.105. The Morgan fingerprint density at radius 1 is 0.875 bits per heavy atom. The number of benzene rings is 2. The summed E-state index contributed by atoms with van der Waals surface area (Å²) in [4.78, 5) is 4.32. The van der Waals surface area contributed by atoms with Gasteiger partial charge in [0, 0.05) is 18.4 Å². The normalized spacial score (nSPS) is 12.7. The van der Waals surface area contributed by atoms with Crippen LogP contribution in [0.5, 0.6) is 0 Å². The quantitative estimate of drug-likeness (QED) is 0.770. The zero-order valence-corrected chi connectivity index (χ0v) is 14.1. The van der Waals surface area contributed by atoms with Gasteiger partial charge in [0.15, 0.2) is 0 Å². The van der Waals surface area contributed by atoms with Crippen molar-refractivity contribution in [2.45, 2.75) is 17.9 Å². The van der Waals surface area contributed by atoms with Gasteiger partial charge in [-0.25, -0.2) is 13.1 Å². The molecule has 0 amide bonds. The summed E-state index contributed by atoms with van der Waals surface area (Å²) in [5.41, 5.74) is 2.80. The lowest BCUT2D eigenvalue weighted by molar-refractivity contribution is 0.567. The minimum absolute atomic E-state index is 0.248. The third-order valence-electron chi connectivity index (χ3n) is 3.79. The summed E-state index contributed by atoms with van der Waals surface area (Å²) < 4.78 is 27.8. The minimum Gasteiger partial charge on any atom is -0.264 e. The molecule has 2 aromatic carbocycles. The molecule has 1 atom stereocenters. The number of nitrogens with zero attached hydrogens (tertiary/aromatic N) is 1. The summed E-state index contributed by atoms with van der Waals surface area (Å²) in [5, 5.41) is 0. The average molecular weight is 338 g/mol. The van der Waals surface area contributed by atoms with Crippen molar-refractivity contribution in [2.75, 3.05) is 0 Å². The van der Waals surface area contributed by atoms with Crippen LogP contribution in [0.2, 0.25) is 0 Å². The topological polar surface area (TPSA) is 59.1 Å². The Hall–Kier alpha value is -2.50. The molecule has 0 saturated carbocycles. The molecular formula is C19H18N2O2S. The second-order valence-electron chi connectivity index (χ2n) is 5.52. The molecule has 3 rings (SSSR count). The number of rotatable bonds is 5. The standard InChI is InChI=1S/C19H18N2O2S/c1-15(16-6-3-2-4-7-16)21-24(22,23)19-11-9-17(10-12-19)18-8-5-13-20-14-18/h2-15,21H,1H3. The van der Waals surface area contributed by atoms with Crippen molar-refractivity contribution in [1.29, 1.82) is 0 Å². The lowest BCUT2D eigenvalue weighted by Crippen LogP contribution is -2.26. The van der Waals surface area contributed by atoms with Crippen LogP contribution in [0.1, 0.15) is 18.5 Å². The van der Waals surface area contributed by atoms with Gasteiger partial charge in [0.2, 0.25) is 10.0 Å². The summed E-state index contributed by atoms with van der Waals surface area (Å²) in [6.07, 6.45) is 3.45. The third-order valence-corrected chi connectivity index (χ3v) is 5.35. The van der Waals surface area contributed by atoms with Gasteiger partial charge in [-0.15, -0.1) is 0 Å². The van der Waals surface area contributed by atoms with Crippen LogP contribution in [-0.4, -0.2) is 13.4 Å². The molecule has 0 spiro atoms. The average Bonchev–Trinajstić information content (AvgIpc) is 2.63. The van der Waals surface area contributed by atoms with E-state index in [0.717, 1.165) is 16.7 Å². The van der Waals surface area contributed by atoms with E-state index in [9.17, 15) is 8.42 Å². The molecule has 0 aliphatic heterocycles. The minimum atomic E-state index is -3.57. The first-order valence-corrected chi connectivity index (χ1v) is 9.12. The van der Waals surface area contributed by atoms with E-state index in [1.54, 1.807) is 36.7 Å². The molecule has 24 heavy (non-hydrogen) atoms. The maximum absolute atomic E-state index is 12.5. The summed E-state index contributed by atoms with van der Waals surface area (Å²) in [6, 6.07) is 19.8. The Bertz CT molecular complexity index is 893. The van der Waals surface area contributed by atoms with Gasteiger partial charge in [-0.1, -0.05) is 48.5 Å². The number of aromatic nitrogens is 1. The Morgan fingerprint density at radius 2 is 1.58 bits per heavy atom. The van der Waals surface area contributed by atoms with Crippen LogP contribution in [0, 0.1) is 0 Å². The zero-order valence-electron chi connectivity index (χ0n) is 13.3. The molecule has 1 N–H and O–H groups in total. The van der Waals surface area contributed by atoms with Crippen molar-refractivity contribution in [3.8, 4) is 11.1 Å². The summed E-state index contributed by atoms with van der Waals surface area (Å²) >= 11 is 0. The molecule has 1 aromatic heterocycles. The smallest absolute Gasteiger partial charge is 0.241 e. The molecule has 1 heterocycles. The fourth-order valence-corrected chi connectivity index (χ4v) is 3.70. The number of hydrogen-bond acceptors (Lipinski definition) is 3. The molecule has 0 aliphatic carbocycles. The van der Waals surface area contributed by atoms with Gasteiger partial charge in [0.1, 0.15) is 0 Å². The largest absolute Gasteiger partial charge is 0.264 e. The second-order valence-corrected chi connectivity index (χ2v) is 7.23. The number of hydrogen-bond donors (Lipinski definition) is 1. The van der Waals surface area contributed by atoms with Gasteiger partial charge in [0.25, 0.3) is 0 Å². The van der Waals surface area contributed by atoms with E-state index in [1.807, 2.05) is 49.4 Å². The Morgan fingerprint density at radius 3 is 2.21 bits per heavy atom. The number of nitrogens with one attached hydrogen (secondary N) is 1. The van der Waals surface area contributed by atoms with Crippen LogP contribution >= 0.6 is 0 Å². The molecule has 0 radical (unpaired) electrons.